The second kappa shape index (κ2) is 4.05. The fourth-order valence-electron chi connectivity index (χ4n) is 2.68. The minimum atomic E-state index is 0.479. The molecule has 0 radical (unpaired) electrons. The molecule has 0 fully saturated rings. The molecule has 1 aromatic rings. The van der Waals surface area contributed by atoms with Crippen LogP contribution in [0.4, 0.5) is 5.69 Å². The molecule has 0 spiro atoms. The SMILES string of the molecule is CC[C@H]1[C@@H](C)c2ccccc2N1CC=O. The quantitative estimate of drug-likeness (QED) is 0.704. The number of fused-ring (bicyclic) bond motifs is 1. The highest BCUT2D eigenvalue weighted by atomic mass is 16.1. The lowest BCUT2D eigenvalue weighted by Crippen LogP contribution is -2.34. The molecule has 0 bridgehead atoms. The van der Waals surface area contributed by atoms with E-state index in [2.05, 4.69) is 36.9 Å². The zero-order chi connectivity index (χ0) is 10.8. The van der Waals surface area contributed by atoms with Crippen LogP contribution >= 0.6 is 0 Å². The Bertz CT molecular complexity index is 361. The number of hydrogen-bond donors (Lipinski definition) is 0. The summed E-state index contributed by atoms with van der Waals surface area (Å²) in [5, 5.41) is 0. The van der Waals surface area contributed by atoms with Gasteiger partial charge in [-0.05, 0) is 18.1 Å². The topological polar surface area (TPSA) is 20.3 Å². The summed E-state index contributed by atoms with van der Waals surface area (Å²) in [4.78, 5) is 12.9. The Kier molecular flexibility index (Phi) is 2.76. The van der Waals surface area contributed by atoms with Crippen LogP contribution in [0.5, 0.6) is 0 Å². The van der Waals surface area contributed by atoms with Gasteiger partial charge in [0.2, 0.25) is 0 Å². The van der Waals surface area contributed by atoms with E-state index in [0.717, 1.165) is 12.7 Å². The average Bonchev–Trinajstić information content (AvgIpc) is 2.54. The third kappa shape index (κ3) is 1.54. The predicted molar refractivity (Wildman–Crippen MR) is 62.3 cm³/mol. The van der Waals surface area contributed by atoms with Crippen molar-refractivity contribution in [2.45, 2.75) is 32.2 Å². The molecule has 1 aliphatic rings. The van der Waals surface area contributed by atoms with E-state index in [4.69, 9.17) is 0 Å². The molecule has 2 heteroatoms. The lowest BCUT2D eigenvalue weighted by molar-refractivity contribution is -0.106. The van der Waals surface area contributed by atoms with Crippen molar-refractivity contribution in [1.29, 1.82) is 0 Å². The van der Waals surface area contributed by atoms with Crippen molar-refractivity contribution in [2.24, 2.45) is 0 Å². The molecule has 2 atom stereocenters. The number of para-hydroxylation sites is 1. The monoisotopic (exact) mass is 203 g/mol. The molecular formula is C13H17NO. The smallest absolute Gasteiger partial charge is 0.139 e. The number of carbonyl (C=O) groups excluding carboxylic acids is 1. The van der Waals surface area contributed by atoms with Gasteiger partial charge < -0.3 is 9.69 Å². The summed E-state index contributed by atoms with van der Waals surface area (Å²) in [6.45, 7) is 4.95. The third-order valence-electron chi connectivity index (χ3n) is 3.40. The largest absolute Gasteiger partial charge is 0.361 e. The second-order valence-corrected chi connectivity index (χ2v) is 4.14. The molecular weight excluding hydrogens is 186 g/mol. The summed E-state index contributed by atoms with van der Waals surface area (Å²) in [6.07, 6.45) is 2.08. The van der Waals surface area contributed by atoms with Crippen LogP contribution in [0.2, 0.25) is 0 Å². The van der Waals surface area contributed by atoms with Gasteiger partial charge in [0.1, 0.15) is 6.29 Å². The first-order valence-electron chi connectivity index (χ1n) is 5.58. The number of rotatable bonds is 3. The molecule has 0 saturated carbocycles. The summed E-state index contributed by atoms with van der Waals surface area (Å²) in [7, 11) is 0. The zero-order valence-electron chi connectivity index (χ0n) is 9.31. The van der Waals surface area contributed by atoms with Gasteiger partial charge in [0.25, 0.3) is 0 Å². The van der Waals surface area contributed by atoms with Gasteiger partial charge in [0.15, 0.2) is 0 Å². The van der Waals surface area contributed by atoms with Gasteiger partial charge in [-0.25, -0.2) is 0 Å². The number of nitrogens with zero attached hydrogens (tertiary/aromatic N) is 1. The fraction of sp³-hybridized carbons (Fsp3) is 0.462. The summed E-state index contributed by atoms with van der Waals surface area (Å²) >= 11 is 0. The molecule has 0 amide bonds. The molecule has 2 rings (SSSR count). The molecule has 0 aliphatic carbocycles. The van der Waals surface area contributed by atoms with E-state index >= 15 is 0 Å². The van der Waals surface area contributed by atoms with Gasteiger partial charge in [-0.15, -0.1) is 0 Å². The molecule has 0 unspecified atom stereocenters. The molecule has 80 valence electrons. The lowest BCUT2D eigenvalue weighted by atomic mass is 9.96. The maximum atomic E-state index is 10.7. The van der Waals surface area contributed by atoms with Gasteiger partial charge in [-0.3, -0.25) is 0 Å². The van der Waals surface area contributed by atoms with Crippen molar-refractivity contribution in [3.63, 3.8) is 0 Å². The maximum Gasteiger partial charge on any atom is 0.139 e. The van der Waals surface area contributed by atoms with Crippen LogP contribution in [-0.2, 0) is 4.79 Å². The first-order valence-corrected chi connectivity index (χ1v) is 5.58. The van der Waals surface area contributed by atoms with E-state index in [1.807, 2.05) is 6.07 Å². The van der Waals surface area contributed by atoms with Crippen molar-refractivity contribution in [2.75, 3.05) is 11.4 Å². The minimum absolute atomic E-state index is 0.479. The molecule has 1 heterocycles. The molecule has 1 aliphatic heterocycles. The van der Waals surface area contributed by atoms with Crippen LogP contribution < -0.4 is 4.90 Å². The van der Waals surface area contributed by atoms with Crippen LogP contribution in [0.25, 0.3) is 0 Å². The number of hydrogen-bond acceptors (Lipinski definition) is 2. The van der Waals surface area contributed by atoms with Crippen molar-refractivity contribution >= 4 is 12.0 Å². The summed E-state index contributed by atoms with van der Waals surface area (Å²) in [5.41, 5.74) is 2.62. The Morgan fingerprint density at radius 3 is 2.80 bits per heavy atom. The minimum Gasteiger partial charge on any atom is -0.361 e. The maximum absolute atomic E-state index is 10.7. The molecule has 2 nitrogen and oxygen atoms in total. The number of aldehydes is 1. The fourth-order valence-corrected chi connectivity index (χ4v) is 2.68. The van der Waals surface area contributed by atoms with E-state index in [1.54, 1.807) is 0 Å². The highest BCUT2D eigenvalue weighted by Gasteiger charge is 2.33. The van der Waals surface area contributed by atoms with Crippen LogP contribution in [0.3, 0.4) is 0 Å². The van der Waals surface area contributed by atoms with E-state index in [9.17, 15) is 4.79 Å². The standard InChI is InChI=1S/C13H17NO/c1-3-12-10(2)11-6-4-5-7-13(11)14(12)8-9-15/h4-7,9-10,12H,3,8H2,1-2H3/t10-,12-/m0/s1. The van der Waals surface area contributed by atoms with E-state index in [1.165, 1.54) is 11.3 Å². The number of anilines is 1. The molecule has 0 aromatic heterocycles. The van der Waals surface area contributed by atoms with Gasteiger partial charge in [-0.1, -0.05) is 32.0 Å². The third-order valence-corrected chi connectivity index (χ3v) is 3.40. The summed E-state index contributed by atoms with van der Waals surface area (Å²) in [5.74, 6) is 0.533. The van der Waals surface area contributed by atoms with E-state index in [0.29, 0.717) is 18.5 Å². The van der Waals surface area contributed by atoms with Gasteiger partial charge in [-0.2, -0.15) is 0 Å². The number of benzene rings is 1. The second-order valence-electron chi connectivity index (χ2n) is 4.14. The van der Waals surface area contributed by atoms with E-state index in [-0.39, 0.29) is 0 Å². The van der Waals surface area contributed by atoms with Gasteiger partial charge >= 0.3 is 0 Å². The number of carbonyl (C=O) groups is 1. The predicted octanol–water partition coefficient (Wildman–Crippen LogP) is 2.59. The Hall–Kier alpha value is -1.31. The van der Waals surface area contributed by atoms with Crippen molar-refractivity contribution in [3.05, 3.63) is 29.8 Å². The van der Waals surface area contributed by atoms with Crippen molar-refractivity contribution < 1.29 is 4.79 Å². The highest BCUT2D eigenvalue weighted by molar-refractivity contribution is 5.68. The normalized spacial score (nSPS) is 24.0. The van der Waals surface area contributed by atoms with Crippen LogP contribution in [0.1, 0.15) is 31.7 Å². The highest BCUT2D eigenvalue weighted by Crippen LogP contribution is 2.41. The lowest BCUT2D eigenvalue weighted by Gasteiger charge is -2.26. The molecule has 1 aromatic carbocycles. The van der Waals surface area contributed by atoms with Crippen LogP contribution in [0.15, 0.2) is 24.3 Å². The average molecular weight is 203 g/mol. The van der Waals surface area contributed by atoms with Gasteiger partial charge in [0.05, 0.1) is 6.54 Å². The molecule has 15 heavy (non-hydrogen) atoms. The Labute approximate surface area is 90.9 Å². The molecule has 0 N–H and O–H groups in total. The Morgan fingerprint density at radius 1 is 1.40 bits per heavy atom. The van der Waals surface area contributed by atoms with Crippen LogP contribution in [0, 0.1) is 0 Å². The summed E-state index contributed by atoms with van der Waals surface area (Å²) < 4.78 is 0. The van der Waals surface area contributed by atoms with Crippen molar-refractivity contribution in [1.82, 2.24) is 0 Å². The molecule has 0 saturated heterocycles. The first kappa shape index (κ1) is 10.2. The first-order chi connectivity index (χ1) is 7.29. The van der Waals surface area contributed by atoms with E-state index < -0.39 is 0 Å². The zero-order valence-corrected chi connectivity index (χ0v) is 9.31. The van der Waals surface area contributed by atoms with Gasteiger partial charge in [0, 0.05) is 17.6 Å². The Balaban J connectivity index is 2.40. The summed E-state index contributed by atoms with van der Waals surface area (Å²) in [6, 6.07) is 8.89. The van der Waals surface area contributed by atoms with Crippen LogP contribution in [-0.4, -0.2) is 18.9 Å². The Morgan fingerprint density at radius 2 is 2.13 bits per heavy atom. The van der Waals surface area contributed by atoms with Crippen molar-refractivity contribution in [3.8, 4) is 0 Å².